The summed E-state index contributed by atoms with van der Waals surface area (Å²) >= 11 is 8.83. The van der Waals surface area contributed by atoms with Crippen LogP contribution in [0.2, 0.25) is 4.34 Å². The van der Waals surface area contributed by atoms with Crippen molar-refractivity contribution in [2.24, 2.45) is 0 Å². The second-order valence-electron chi connectivity index (χ2n) is 5.92. The van der Waals surface area contributed by atoms with Gasteiger partial charge in [0.05, 0.1) is 22.9 Å². The van der Waals surface area contributed by atoms with Crippen LogP contribution in [0.3, 0.4) is 0 Å². The highest BCUT2D eigenvalue weighted by atomic mass is 35.5. The van der Waals surface area contributed by atoms with Crippen molar-refractivity contribution in [3.05, 3.63) is 37.4 Å². The lowest BCUT2D eigenvalue weighted by Crippen LogP contribution is -2.16. The number of halogens is 1. The molecule has 2 aromatic rings. The Morgan fingerprint density at radius 2 is 2.00 bits per heavy atom. The van der Waals surface area contributed by atoms with Crippen molar-refractivity contribution in [3.8, 4) is 0 Å². The molecule has 0 spiro atoms. The van der Waals surface area contributed by atoms with Crippen LogP contribution in [-0.4, -0.2) is 18.5 Å². The van der Waals surface area contributed by atoms with Crippen molar-refractivity contribution in [3.63, 3.8) is 0 Å². The number of fused-ring (bicyclic) bond motifs is 1. The van der Waals surface area contributed by atoms with Gasteiger partial charge in [-0.3, -0.25) is 4.79 Å². The van der Waals surface area contributed by atoms with E-state index in [1.807, 2.05) is 6.07 Å². The molecule has 0 aliphatic heterocycles. The fraction of sp³-hybridized carbons (Fsp3) is 0.444. The number of hydrogen-bond acceptors (Lipinski definition) is 5. The molecule has 0 radical (unpaired) electrons. The van der Waals surface area contributed by atoms with Crippen LogP contribution >= 0.6 is 34.3 Å². The summed E-state index contributed by atoms with van der Waals surface area (Å²) in [7, 11) is 0. The van der Waals surface area contributed by atoms with Crippen LogP contribution in [0.25, 0.3) is 0 Å². The van der Waals surface area contributed by atoms with E-state index in [0.29, 0.717) is 21.5 Å². The number of anilines is 1. The molecule has 0 unspecified atom stereocenters. The molecular formula is C18H20ClNO3S2. The third kappa shape index (κ3) is 4.43. The third-order valence-corrected chi connectivity index (χ3v) is 6.56. The fourth-order valence-corrected chi connectivity index (χ4v) is 5.41. The standard InChI is InChI=1S/C18H20ClNO3S2/c1-2-23-18(22)16-12-6-4-3-5-7-13(12)25-17(16)20-15(21)10-11-8-9-14(19)24-11/h8-9H,2-7,10H2,1H3,(H,20,21). The molecule has 4 nitrogen and oxygen atoms in total. The number of carbonyl (C=O) groups is 2. The molecule has 0 fully saturated rings. The Hall–Kier alpha value is -1.37. The lowest BCUT2D eigenvalue weighted by atomic mass is 10.1. The van der Waals surface area contributed by atoms with Crippen LogP contribution in [-0.2, 0) is 28.8 Å². The Bertz CT molecular complexity index is 781. The molecule has 3 rings (SSSR count). The van der Waals surface area contributed by atoms with Gasteiger partial charge in [-0.25, -0.2) is 4.79 Å². The Morgan fingerprint density at radius 3 is 2.72 bits per heavy atom. The van der Waals surface area contributed by atoms with Crippen molar-refractivity contribution >= 4 is 51.2 Å². The topological polar surface area (TPSA) is 55.4 Å². The zero-order valence-electron chi connectivity index (χ0n) is 14.0. The van der Waals surface area contributed by atoms with Crippen molar-refractivity contribution in [2.45, 2.75) is 45.4 Å². The molecule has 0 atom stereocenters. The molecule has 2 aromatic heterocycles. The van der Waals surface area contributed by atoms with Gasteiger partial charge in [0.2, 0.25) is 5.91 Å². The maximum Gasteiger partial charge on any atom is 0.341 e. The Balaban J connectivity index is 1.84. The highest BCUT2D eigenvalue weighted by molar-refractivity contribution is 7.17. The van der Waals surface area contributed by atoms with E-state index in [1.54, 1.807) is 13.0 Å². The second-order valence-corrected chi connectivity index (χ2v) is 8.82. The number of esters is 1. The predicted octanol–water partition coefficient (Wildman–Crippen LogP) is 5.09. The first-order chi connectivity index (χ1) is 12.1. The number of carbonyl (C=O) groups excluding carboxylic acids is 2. The van der Waals surface area contributed by atoms with E-state index in [2.05, 4.69) is 5.32 Å². The van der Waals surface area contributed by atoms with E-state index in [-0.39, 0.29) is 18.3 Å². The van der Waals surface area contributed by atoms with Gasteiger partial charge in [0.1, 0.15) is 5.00 Å². The molecule has 0 aromatic carbocycles. The quantitative estimate of drug-likeness (QED) is 0.564. The van der Waals surface area contributed by atoms with Gasteiger partial charge in [0, 0.05) is 9.75 Å². The highest BCUT2D eigenvalue weighted by Gasteiger charge is 2.26. The number of rotatable bonds is 5. The van der Waals surface area contributed by atoms with Gasteiger partial charge in [-0.1, -0.05) is 18.0 Å². The molecule has 0 bridgehead atoms. The van der Waals surface area contributed by atoms with Gasteiger partial charge in [0.25, 0.3) is 0 Å². The van der Waals surface area contributed by atoms with Crippen molar-refractivity contribution in [2.75, 3.05) is 11.9 Å². The highest BCUT2D eigenvalue weighted by Crippen LogP contribution is 2.38. The Kier molecular flexibility index (Phi) is 6.15. The Labute approximate surface area is 160 Å². The minimum atomic E-state index is -0.337. The summed E-state index contributed by atoms with van der Waals surface area (Å²) in [5.41, 5.74) is 1.62. The normalized spacial score (nSPS) is 13.8. The van der Waals surface area contributed by atoms with E-state index >= 15 is 0 Å². The average molecular weight is 398 g/mol. The minimum absolute atomic E-state index is 0.138. The SMILES string of the molecule is CCOC(=O)c1c(NC(=O)Cc2ccc(Cl)s2)sc2c1CCCCC2. The first-order valence-electron chi connectivity index (χ1n) is 8.44. The number of aryl methyl sites for hydroxylation is 1. The summed E-state index contributed by atoms with van der Waals surface area (Å²) in [6, 6.07) is 3.63. The number of nitrogens with one attached hydrogen (secondary N) is 1. The first kappa shape index (κ1) is 18.4. The molecular weight excluding hydrogens is 378 g/mol. The van der Waals surface area contributed by atoms with E-state index in [9.17, 15) is 9.59 Å². The molecule has 1 N–H and O–H groups in total. The number of ether oxygens (including phenoxy) is 1. The monoisotopic (exact) mass is 397 g/mol. The maximum absolute atomic E-state index is 12.5. The summed E-state index contributed by atoms with van der Waals surface area (Å²) in [5, 5.41) is 3.55. The summed E-state index contributed by atoms with van der Waals surface area (Å²) in [5.74, 6) is -0.475. The summed E-state index contributed by atoms with van der Waals surface area (Å²) in [6.45, 7) is 2.12. The van der Waals surface area contributed by atoms with E-state index < -0.39 is 0 Å². The van der Waals surface area contributed by atoms with Crippen molar-refractivity contribution in [1.82, 2.24) is 0 Å². The predicted molar refractivity (Wildman–Crippen MR) is 103 cm³/mol. The van der Waals surface area contributed by atoms with Gasteiger partial charge in [-0.05, 0) is 50.3 Å². The van der Waals surface area contributed by atoms with Crippen LogP contribution in [0.1, 0.15) is 51.9 Å². The van der Waals surface area contributed by atoms with Crippen LogP contribution in [0.15, 0.2) is 12.1 Å². The summed E-state index contributed by atoms with van der Waals surface area (Å²) in [4.78, 5) is 27.0. The van der Waals surface area contributed by atoms with Gasteiger partial charge >= 0.3 is 5.97 Å². The van der Waals surface area contributed by atoms with Crippen molar-refractivity contribution in [1.29, 1.82) is 0 Å². The maximum atomic E-state index is 12.5. The molecule has 25 heavy (non-hydrogen) atoms. The zero-order chi connectivity index (χ0) is 17.8. The summed E-state index contributed by atoms with van der Waals surface area (Å²) in [6.07, 6.45) is 5.44. The lowest BCUT2D eigenvalue weighted by Gasteiger charge is -2.08. The molecule has 1 amide bonds. The molecule has 0 saturated heterocycles. The van der Waals surface area contributed by atoms with Gasteiger partial charge < -0.3 is 10.1 Å². The smallest absolute Gasteiger partial charge is 0.341 e. The van der Waals surface area contributed by atoms with E-state index in [4.69, 9.17) is 16.3 Å². The minimum Gasteiger partial charge on any atom is -0.462 e. The summed E-state index contributed by atoms with van der Waals surface area (Å²) < 4.78 is 5.90. The van der Waals surface area contributed by atoms with E-state index in [0.717, 1.165) is 36.1 Å². The molecule has 1 aliphatic carbocycles. The first-order valence-corrected chi connectivity index (χ1v) is 10.4. The van der Waals surface area contributed by atoms with Gasteiger partial charge in [-0.15, -0.1) is 22.7 Å². The van der Waals surface area contributed by atoms with Gasteiger partial charge in [-0.2, -0.15) is 0 Å². The molecule has 7 heteroatoms. The molecule has 134 valence electrons. The molecule has 2 heterocycles. The largest absolute Gasteiger partial charge is 0.462 e. The third-order valence-electron chi connectivity index (χ3n) is 4.12. The second kappa shape index (κ2) is 8.34. The Morgan fingerprint density at radius 1 is 1.20 bits per heavy atom. The van der Waals surface area contributed by atoms with Crippen LogP contribution in [0.4, 0.5) is 5.00 Å². The number of thiophene rings is 2. The number of amides is 1. The van der Waals surface area contributed by atoms with E-state index in [1.165, 1.54) is 34.0 Å². The van der Waals surface area contributed by atoms with Crippen LogP contribution < -0.4 is 5.32 Å². The lowest BCUT2D eigenvalue weighted by molar-refractivity contribution is -0.115. The van der Waals surface area contributed by atoms with Crippen molar-refractivity contribution < 1.29 is 14.3 Å². The van der Waals surface area contributed by atoms with Crippen LogP contribution in [0.5, 0.6) is 0 Å². The van der Waals surface area contributed by atoms with Gasteiger partial charge in [0.15, 0.2) is 0 Å². The molecule has 1 aliphatic rings. The fourth-order valence-electron chi connectivity index (χ4n) is 3.03. The number of hydrogen-bond donors (Lipinski definition) is 1. The zero-order valence-corrected chi connectivity index (χ0v) is 16.4. The molecule has 0 saturated carbocycles. The average Bonchev–Trinajstić information content (AvgIpc) is 3.03. The van der Waals surface area contributed by atoms with Crippen LogP contribution in [0, 0.1) is 0 Å².